The van der Waals surface area contributed by atoms with E-state index < -0.39 is 6.04 Å². The highest BCUT2D eigenvalue weighted by atomic mass is 35.5. The second-order valence-corrected chi connectivity index (χ2v) is 8.21. The Kier molecular flexibility index (Phi) is 6.25. The molecule has 2 aromatic carbocycles. The van der Waals surface area contributed by atoms with Crippen LogP contribution in [0, 0.1) is 6.92 Å². The Labute approximate surface area is 185 Å². The van der Waals surface area contributed by atoms with Crippen LogP contribution >= 0.6 is 11.6 Å². The predicted molar refractivity (Wildman–Crippen MR) is 121 cm³/mol. The Morgan fingerprint density at radius 1 is 1.29 bits per heavy atom. The lowest BCUT2D eigenvalue weighted by atomic mass is 10.0. The molecule has 162 valence electrons. The van der Waals surface area contributed by atoms with Gasteiger partial charge in [0.25, 0.3) is 5.91 Å². The first-order valence-corrected chi connectivity index (χ1v) is 10.7. The van der Waals surface area contributed by atoms with Crippen LogP contribution in [0.3, 0.4) is 0 Å². The number of methoxy groups -OCH3 is 1. The number of fused-ring (bicyclic) bond motifs is 1. The van der Waals surface area contributed by atoms with Gasteiger partial charge in [-0.2, -0.15) is 0 Å². The van der Waals surface area contributed by atoms with Crippen molar-refractivity contribution in [2.45, 2.75) is 32.2 Å². The maximum absolute atomic E-state index is 13.0. The van der Waals surface area contributed by atoms with Gasteiger partial charge in [0.2, 0.25) is 5.91 Å². The molecule has 0 saturated carbocycles. The zero-order chi connectivity index (χ0) is 22.0. The van der Waals surface area contributed by atoms with Crippen LogP contribution in [0.25, 0.3) is 11.0 Å². The average Bonchev–Trinajstić information content (AvgIpc) is 3.17. The molecule has 2 amide bonds. The largest absolute Gasteiger partial charge is 0.382 e. The number of carbonyl (C=O) groups excluding carboxylic acids is 2. The number of ether oxygens (including phenoxy) is 1. The third-order valence-electron chi connectivity index (χ3n) is 5.50. The molecule has 2 N–H and O–H groups in total. The molecule has 1 aliphatic rings. The van der Waals surface area contributed by atoms with Gasteiger partial charge in [-0.1, -0.05) is 11.6 Å². The standard InChI is InChI=1S/C23H25ClN4O3/c1-14-11-15(6-9-20(14)28-10-4-3-5-21(28)29)23(30)27-19(13-31-2)22-25-17-8-7-16(24)12-18(17)26-22/h6-9,11-12,19H,3-5,10,13H2,1-2H3,(H,25,26)(H,27,30). The Balaban J connectivity index is 1.54. The highest BCUT2D eigenvalue weighted by Crippen LogP contribution is 2.26. The minimum Gasteiger partial charge on any atom is -0.382 e. The molecule has 2 heterocycles. The Morgan fingerprint density at radius 2 is 2.13 bits per heavy atom. The first kappa shape index (κ1) is 21.3. The number of piperidine rings is 1. The number of nitrogens with zero attached hydrogens (tertiary/aromatic N) is 2. The van der Waals surface area contributed by atoms with Gasteiger partial charge < -0.3 is 19.9 Å². The van der Waals surface area contributed by atoms with Gasteiger partial charge in [0.1, 0.15) is 11.9 Å². The van der Waals surface area contributed by atoms with Gasteiger partial charge in [-0.05, 0) is 61.7 Å². The number of halogens is 1. The molecule has 1 fully saturated rings. The Bertz CT molecular complexity index is 1130. The normalized spacial score (nSPS) is 15.3. The molecule has 1 aliphatic heterocycles. The molecule has 1 aromatic heterocycles. The number of carbonyl (C=O) groups is 2. The third kappa shape index (κ3) is 4.57. The van der Waals surface area contributed by atoms with E-state index in [4.69, 9.17) is 16.3 Å². The van der Waals surface area contributed by atoms with Gasteiger partial charge in [-0.3, -0.25) is 9.59 Å². The van der Waals surface area contributed by atoms with Crippen molar-refractivity contribution in [2.75, 3.05) is 25.2 Å². The van der Waals surface area contributed by atoms with Crippen LogP contribution in [-0.4, -0.2) is 42.0 Å². The molecule has 1 saturated heterocycles. The Morgan fingerprint density at radius 3 is 2.87 bits per heavy atom. The summed E-state index contributed by atoms with van der Waals surface area (Å²) in [5, 5.41) is 3.60. The predicted octanol–water partition coefficient (Wildman–Crippen LogP) is 4.16. The van der Waals surface area contributed by atoms with E-state index in [1.54, 1.807) is 25.3 Å². The molecule has 31 heavy (non-hydrogen) atoms. The molecule has 0 spiro atoms. The van der Waals surface area contributed by atoms with E-state index in [-0.39, 0.29) is 18.4 Å². The number of hydrogen-bond donors (Lipinski definition) is 2. The van der Waals surface area contributed by atoms with Crippen molar-refractivity contribution in [3.8, 4) is 0 Å². The van der Waals surface area contributed by atoms with E-state index in [1.165, 1.54) is 0 Å². The lowest BCUT2D eigenvalue weighted by molar-refractivity contribution is -0.119. The van der Waals surface area contributed by atoms with E-state index in [0.717, 1.165) is 41.7 Å². The van der Waals surface area contributed by atoms with Gasteiger partial charge >= 0.3 is 0 Å². The Hall–Kier alpha value is -2.90. The summed E-state index contributed by atoms with van der Waals surface area (Å²) in [5.74, 6) is 0.497. The summed E-state index contributed by atoms with van der Waals surface area (Å²) >= 11 is 6.06. The van der Waals surface area contributed by atoms with Crippen LogP contribution in [0.15, 0.2) is 36.4 Å². The van der Waals surface area contributed by atoms with Crippen molar-refractivity contribution in [3.63, 3.8) is 0 Å². The molecule has 0 bridgehead atoms. The molecular weight excluding hydrogens is 416 g/mol. The van der Waals surface area contributed by atoms with E-state index in [9.17, 15) is 9.59 Å². The van der Waals surface area contributed by atoms with Crippen LogP contribution in [0.2, 0.25) is 5.02 Å². The summed E-state index contributed by atoms with van der Waals surface area (Å²) in [6.45, 7) is 2.90. The summed E-state index contributed by atoms with van der Waals surface area (Å²) in [4.78, 5) is 34.8. The summed E-state index contributed by atoms with van der Waals surface area (Å²) < 4.78 is 5.30. The molecule has 8 heteroatoms. The SMILES string of the molecule is COCC(NC(=O)c1ccc(N2CCCCC2=O)c(C)c1)c1nc2ccc(Cl)cc2[nH]1. The quantitative estimate of drug-likeness (QED) is 0.602. The summed E-state index contributed by atoms with van der Waals surface area (Å²) in [6, 6.07) is 10.4. The molecule has 3 aromatic rings. The van der Waals surface area contributed by atoms with E-state index in [2.05, 4.69) is 15.3 Å². The number of imidazole rings is 1. The van der Waals surface area contributed by atoms with E-state index >= 15 is 0 Å². The van der Waals surface area contributed by atoms with E-state index in [1.807, 2.05) is 30.0 Å². The fraction of sp³-hybridized carbons (Fsp3) is 0.348. The molecule has 0 radical (unpaired) electrons. The highest BCUT2D eigenvalue weighted by molar-refractivity contribution is 6.31. The minimum atomic E-state index is -0.452. The van der Waals surface area contributed by atoms with Gasteiger partial charge in [0.05, 0.1) is 17.6 Å². The topological polar surface area (TPSA) is 87.3 Å². The number of aromatic amines is 1. The van der Waals surface area contributed by atoms with Gasteiger partial charge in [-0.15, -0.1) is 0 Å². The fourth-order valence-corrected chi connectivity index (χ4v) is 4.10. The average molecular weight is 441 g/mol. The maximum atomic E-state index is 13.0. The summed E-state index contributed by atoms with van der Waals surface area (Å²) in [5.41, 5.74) is 3.84. The molecule has 7 nitrogen and oxygen atoms in total. The van der Waals surface area contributed by atoms with Crippen molar-refractivity contribution >= 4 is 40.1 Å². The lowest BCUT2D eigenvalue weighted by Crippen LogP contribution is -2.36. The maximum Gasteiger partial charge on any atom is 0.251 e. The second kappa shape index (κ2) is 9.08. The second-order valence-electron chi connectivity index (χ2n) is 7.77. The van der Waals surface area contributed by atoms with Gasteiger partial charge in [-0.25, -0.2) is 4.98 Å². The van der Waals surface area contributed by atoms with Gasteiger partial charge in [0, 0.05) is 36.3 Å². The minimum absolute atomic E-state index is 0.136. The number of anilines is 1. The first-order valence-electron chi connectivity index (χ1n) is 10.3. The number of amides is 2. The van der Waals surface area contributed by atoms with Crippen molar-refractivity contribution in [1.29, 1.82) is 0 Å². The fourth-order valence-electron chi connectivity index (χ4n) is 3.92. The monoisotopic (exact) mass is 440 g/mol. The highest BCUT2D eigenvalue weighted by Gasteiger charge is 2.23. The van der Waals surface area contributed by atoms with Crippen molar-refractivity contribution < 1.29 is 14.3 Å². The van der Waals surface area contributed by atoms with Crippen LogP contribution < -0.4 is 10.2 Å². The van der Waals surface area contributed by atoms with Crippen LogP contribution in [0.1, 0.15) is 47.1 Å². The third-order valence-corrected chi connectivity index (χ3v) is 5.74. The number of H-pyrrole nitrogens is 1. The number of hydrogen-bond acceptors (Lipinski definition) is 4. The van der Waals surface area contributed by atoms with Crippen LogP contribution in [0.5, 0.6) is 0 Å². The lowest BCUT2D eigenvalue weighted by Gasteiger charge is -2.28. The number of aryl methyl sites for hydroxylation is 1. The molecule has 1 atom stereocenters. The molecule has 4 rings (SSSR count). The van der Waals surface area contributed by atoms with Crippen molar-refractivity contribution in [1.82, 2.24) is 15.3 Å². The zero-order valence-electron chi connectivity index (χ0n) is 17.6. The number of nitrogens with one attached hydrogen (secondary N) is 2. The molecule has 0 aliphatic carbocycles. The molecular formula is C23H25ClN4O3. The van der Waals surface area contributed by atoms with E-state index in [0.29, 0.717) is 22.8 Å². The van der Waals surface area contributed by atoms with Crippen molar-refractivity contribution in [3.05, 3.63) is 58.4 Å². The van der Waals surface area contributed by atoms with Crippen LogP contribution in [0.4, 0.5) is 5.69 Å². The number of benzene rings is 2. The number of aromatic nitrogens is 2. The van der Waals surface area contributed by atoms with Gasteiger partial charge in [0.15, 0.2) is 0 Å². The summed E-state index contributed by atoms with van der Waals surface area (Å²) in [7, 11) is 1.58. The number of rotatable bonds is 6. The van der Waals surface area contributed by atoms with Crippen LogP contribution in [-0.2, 0) is 9.53 Å². The summed E-state index contributed by atoms with van der Waals surface area (Å²) in [6.07, 6.45) is 2.50. The molecule has 1 unspecified atom stereocenters. The first-order chi connectivity index (χ1) is 15.0. The van der Waals surface area contributed by atoms with Crippen molar-refractivity contribution in [2.24, 2.45) is 0 Å². The zero-order valence-corrected chi connectivity index (χ0v) is 18.3. The smallest absolute Gasteiger partial charge is 0.251 e.